The smallest absolute Gasteiger partial charge is 0.275 e. The van der Waals surface area contributed by atoms with E-state index in [1.54, 1.807) is 0 Å². The minimum absolute atomic E-state index is 0.145. The van der Waals surface area contributed by atoms with E-state index in [1.165, 1.54) is 19.3 Å². The maximum atomic E-state index is 12.3. The number of fused-ring (bicyclic) bond motifs is 1. The molecular weight excluding hydrogens is 310 g/mol. The van der Waals surface area contributed by atoms with Crippen LogP contribution in [0.3, 0.4) is 0 Å². The van der Waals surface area contributed by atoms with Crippen LogP contribution >= 0.6 is 11.6 Å². The fraction of sp³-hybridized carbons (Fsp3) is 0.333. The zero-order chi connectivity index (χ0) is 15.8. The van der Waals surface area contributed by atoms with Gasteiger partial charge in [-0.1, -0.05) is 49.1 Å². The molecular formula is C18H18ClN3O. The quantitative estimate of drug-likeness (QED) is 0.766. The molecule has 1 aromatic carbocycles. The van der Waals surface area contributed by atoms with Crippen molar-refractivity contribution in [3.63, 3.8) is 0 Å². The average molecular weight is 328 g/mol. The lowest BCUT2D eigenvalue weighted by molar-refractivity contribution is -0.116. The number of hydrogen-bond donors (Lipinski definition) is 2. The molecule has 4 nitrogen and oxygen atoms in total. The van der Waals surface area contributed by atoms with E-state index in [9.17, 15) is 4.79 Å². The molecule has 4 rings (SSSR count). The fourth-order valence-corrected chi connectivity index (χ4v) is 3.87. The molecule has 1 aliphatic carbocycles. The van der Waals surface area contributed by atoms with Crippen molar-refractivity contribution in [1.82, 2.24) is 5.43 Å². The number of nitrogens with one attached hydrogen (secondary N) is 2. The van der Waals surface area contributed by atoms with Gasteiger partial charge >= 0.3 is 0 Å². The maximum absolute atomic E-state index is 12.3. The minimum Gasteiger partial charge on any atom is -0.354 e. The average Bonchev–Trinajstić information content (AvgIpc) is 2.97. The van der Waals surface area contributed by atoms with Gasteiger partial charge in [-0.3, -0.25) is 4.79 Å². The number of anilines is 1. The third kappa shape index (κ3) is 2.57. The number of hydrazone groups is 1. The van der Waals surface area contributed by atoms with E-state index in [2.05, 4.69) is 15.8 Å². The van der Waals surface area contributed by atoms with E-state index in [-0.39, 0.29) is 5.91 Å². The number of carbonyl (C=O) groups is 1. The highest BCUT2D eigenvalue weighted by molar-refractivity contribution is 6.50. The molecule has 2 aliphatic heterocycles. The SMILES string of the molecule is O=C1NN=C(C2CCCCC2)/C1=C1\C=C(Cl)c2ccccc2N1. The van der Waals surface area contributed by atoms with E-state index in [0.29, 0.717) is 16.5 Å². The minimum atomic E-state index is -0.145. The molecule has 0 atom stereocenters. The number of amides is 1. The van der Waals surface area contributed by atoms with Gasteiger partial charge in [-0.15, -0.1) is 0 Å². The second-order valence-electron chi connectivity index (χ2n) is 6.22. The summed E-state index contributed by atoms with van der Waals surface area (Å²) in [5.74, 6) is 0.213. The molecule has 3 aliphatic rings. The molecule has 0 radical (unpaired) electrons. The Bertz CT molecular complexity index is 757. The summed E-state index contributed by atoms with van der Waals surface area (Å²) in [6.07, 6.45) is 7.70. The van der Waals surface area contributed by atoms with Gasteiger partial charge in [0.15, 0.2) is 0 Å². The van der Waals surface area contributed by atoms with Gasteiger partial charge < -0.3 is 5.32 Å². The van der Waals surface area contributed by atoms with Crippen LogP contribution in [0.2, 0.25) is 0 Å². The van der Waals surface area contributed by atoms with Gasteiger partial charge in [0.1, 0.15) is 0 Å². The molecule has 2 N–H and O–H groups in total. The first kappa shape index (κ1) is 14.5. The highest BCUT2D eigenvalue weighted by atomic mass is 35.5. The molecule has 5 heteroatoms. The molecule has 0 aromatic heterocycles. The van der Waals surface area contributed by atoms with Gasteiger partial charge in [-0.2, -0.15) is 5.10 Å². The van der Waals surface area contributed by atoms with Gasteiger partial charge in [0.25, 0.3) is 5.91 Å². The number of carbonyl (C=O) groups excluding carboxylic acids is 1. The second-order valence-corrected chi connectivity index (χ2v) is 6.63. The van der Waals surface area contributed by atoms with Crippen LogP contribution in [0.1, 0.15) is 37.7 Å². The van der Waals surface area contributed by atoms with Gasteiger partial charge in [-0.05, 0) is 25.0 Å². The van der Waals surface area contributed by atoms with Crippen LogP contribution in [0.25, 0.3) is 5.03 Å². The Kier molecular flexibility index (Phi) is 3.69. The molecule has 1 fully saturated rings. The van der Waals surface area contributed by atoms with Crippen LogP contribution in [0.4, 0.5) is 5.69 Å². The molecule has 1 saturated carbocycles. The summed E-state index contributed by atoms with van der Waals surface area (Å²) in [7, 11) is 0. The Morgan fingerprint density at radius 2 is 1.91 bits per heavy atom. The summed E-state index contributed by atoms with van der Waals surface area (Å²) in [5, 5.41) is 8.31. The fourth-order valence-electron chi connectivity index (χ4n) is 3.59. The van der Waals surface area contributed by atoms with E-state index in [1.807, 2.05) is 30.3 Å². The number of rotatable bonds is 1. The molecule has 1 aromatic rings. The molecule has 2 heterocycles. The second kappa shape index (κ2) is 5.85. The number of nitrogens with zero attached hydrogens (tertiary/aromatic N) is 1. The van der Waals surface area contributed by atoms with Crippen molar-refractivity contribution in [3.05, 3.63) is 47.2 Å². The summed E-state index contributed by atoms with van der Waals surface area (Å²) in [6, 6.07) is 7.84. The van der Waals surface area contributed by atoms with Crippen molar-refractivity contribution in [2.45, 2.75) is 32.1 Å². The summed E-state index contributed by atoms with van der Waals surface area (Å²) in [6.45, 7) is 0. The van der Waals surface area contributed by atoms with Crippen LogP contribution in [0.15, 0.2) is 46.7 Å². The van der Waals surface area contributed by atoms with E-state index < -0.39 is 0 Å². The summed E-state index contributed by atoms with van der Waals surface area (Å²) in [5.41, 5.74) is 6.78. The van der Waals surface area contributed by atoms with Crippen LogP contribution < -0.4 is 10.7 Å². The number of benzene rings is 1. The first-order valence-electron chi connectivity index (χ1n) is 8.10. The summed E-state index contributed by atoms with van der Waals surface area (Å²) >= 11 is 6.42. The molecule has 0 bridgehead atoms. The summed E-state index contributed by atoms with van der Waals surface area (Å²) < 4.78 is 0. The van der Waals surface area contributed by atoms with E-state index >= 15 is 0 Å². The van der Waals surface area contributed by atoms with Crippen molar-refractivity contribution >= 4 is 33.9 Å². The predicted octanol–water partition coefficient (Wildman–Crippen LogP) is 4.01. The number of allylic oxidation sites excluding steroid dienone is 1. The van der Waals surface area contributed by atoms with Crippen molar-refractivity contribution < 1.29 is 4.79 Å². The third-order valence-corrected chi connectivity index (χ3v) is 5.06. The third-order valence-electron chi connectivity index (χ3n) is 4.75. The largest absolute Gasteiger partial charge is 0.354 e. The van der Waals surface area contributed by atoms with Gasteiger partial charge in [0.2, 0.25) is 0 Å². The number of halogens is 1. The predicted molar refractivity (Wildman–Crippen MR) is 93.1 cm³/mol. The number of para-hydroxylation sites is 1. The first-order chi connectivity index (χ1) is 11.2. The first-order valence-corrected chi connectivity index (χ1v) is 8.48. The lowest BCUT2D eigenvalue weighted by atomic mass is 9.82. The Balaban J connectivity index is 1.75. The topological polar surface area (TPSA) is 53.5 Å². The van der Waals surface area contributed by atoms with Crippen molar-refractivity contribution in [1.29, 1.82) is 0 Å². The zero-order valence-electron chi connectivity index (χ0n) is 12.7. The van der Waals surface area contributed by atoms with E-state index in [0.717, 1.165) is 35.5 Å². The molecule has 0 spiro atoms. The standard InChI is InChI=1S/C18H18ClN3O/c19-13-10-15(20-14-9-5-4-8-12(13)14)16-17(21-22-18(16)23)11-6-2-1-3-7-11/h4-5,8-11,20H,1-3,6-7H2,(H,22,23)/b16-15-. The van der Waals surface area contributed by atoms with Gasteiger partial charge in [0.05, 0.1) is 22.0 Å². The Labute approximate surface area is 140 Å². The zero-order valence-corrected chi connectivity index (χ0v) is 13.5. The van der Waals surface area contributed by atoms with Crippen molar-refractivity contribution in [3.8, 4) is 0 Å². The van der Waals surface area contributed by atoms with E-state index in [4.69, 9.17) is 11.6 Å². The molecule has 0 saturated heterocycles. The summed E-state index contributed by atoms with van der Waals surface area (Å²) in [4.78, 5) is 12.3. The van der Waals surface area contributed by atoms with Gasteiger partial charge in [0, 0.05) is 17.2 Å². The Morgan fingerprint density at radius 3 is 2.74 bits per heavy atom. The monoisotopic (exact) mass is 327 g/mol. The Hall–Kier alpha value is -2.07. The highest BCUT2D eigenvalue weighted by Gasteiger charge is 2.33. The normalized spacial score (nSPS) is 24.5. The highest BCUT2D eigenvalue weighted by Crippen LogP contribution is 2.36. The Morgan fingerprint density at radius 1 is 1.13 bits per heavy atom. The molecule has 0 unspecified atom stereocenters. The van der Waals surface area contributed by atoms with Crippen LogP contribution in [0.5, 0.6) is 0 Å². The maximum Gasteiger partial charge on any atom is 0.275 e. The lowest BCUT2D eigenvalue weighted by Gasteiger charge is -2.24. The molecule has 118 valence electrons. The van der Waals surface area contributed by atoms with Gasteiger partial charge in [-0.25, -0.2) is 5.43 Å². The van der Waals surface area contributed by atoms with Crippen LogP contribution in [-0.4, -0.2) is 11.6 Å². The van der Waals surface area contributed by atoms with Crippen LogP contribution in [0, 0.1) is 5.92 Å². The number of hydrogen-bond acceptors (Lipinski definition) is 3. The van der Waals surface area contributed by atoms with Crippen molar-refractivity contribution in [2.24, 2.45) is 11.0 Å². The lowest BCUT2D eigenvalue weighted by Crippen LogP contribution is -2.24. The molecule has 23 heavy (non-hydrogen) atoms. The van der Waals surface area contributed by atoms with Crippen molar-refractivity contribution in [2.75, 3.05) is 5.32 Å². The van der Waals surface area contributed by atoms with Crippen LogP contribution in [-0.2, 0) is 4.79 Å². The molecule has 1 amide bonds.